The highest BCUT2D eigenvalue weighted by Crippen LogP contribution is 2.13. The van der Waals surface area contributed by atoms with Crippen LogP contribution < -0.4 is 5.32 Å². The van der Waals surface area contributed by atoms with Gasteiger partial charge in [-0.2, -0.15) is 5.10 Å². The maximum atomic E-state index is 4.33. The van der Waals surface area contributed by atoms with Crippen LogP contribution in [0.2, 0.25) is 0 Å². The monoisotopic (exact) mass is 232 g/mol. The fourth-order valence-electron chi connectivity index (χ4n) is 1.71. The van der Waals surface area contributed by atoms with Crippen molar-refractivity contribution in [3.05, 3.63) is 36.4 Å². The van der Waals surface area contributed by atoms with Crippen LogP contribution in [-0.2, 0) is 13.5 Å². The number of hydrogen-bond acceptors (Lipinski definition) is 5. The number of hydrogen-bond donors (Lipinski definition) is 1. The number of rotatable bonds is 5. The lowest BCUT2D eigenvalue weighted by atomic mass is 10.1. The van der Waals surface area contributed by atoms with Crippen LogP contribution in [0, 0.1) is 0 Å². The molecule has 2 heterocycles. The maximum Gasteiger partial charge on any atom is 0.138 e. The molecule has 90 valence electrons. The van der Waals surface area contributed by atoms with Gasteiger partial charge in [0, 0.05) is 32.1 Å². The molecule has 0 saturated heterocycles. The van der Waals surface area contributed by atoms with Gasteiger partial charge in [-0.05, 0) is 6.54 Å². The maximum absolute atomic E-state index is 4.33. The van der Waals surface area contributed by atoms with Crippen molar-refractivity contribution in [3.8, 4) is 0 Å². The number of likely N-dealkylation sites (N-methyl/N-ethyl adjacent to an activating group) is 1. The average molecular weight is 232 g/mol. The van der Waals surface area contributed by atoms with Gasteiger partial charge in [0.1, 0.15) is 12.2 Å². The second kappa shape index (κ2) is 5.49. The molecule has 0 radical (unpaired) electrons. The molecule has 1 atom stereocenters. The number of aromatic nitrogens is 5. The third-order valence-electron chi connectivity index (χ3n) is 2.58. The molecule has 2 aromatic heterocycles. The van der Waals surface area contributed by atoms with Crippen molar-refractivity contribution in [1.82, 2.24) is 30.0 Å². The van der Waals surface area contributed by atoms with Crippen molar-refractivity contribution in [1.29, 1.82) is 0 Å². The molecule has 0 bridgehead atoms. The highest BCUT2D eigenvalue weighted by Gasteiger charge is 2.15. The minimum absolute atomic E-state index is 0.122. The van der Waals surface area contributed by atoms with Gasteiger partial charge in [-0.3, -0.25) is 14.6 Å². The van der Waals surface area contributed by atoms with Crippen LogP contribution in [0.15, 0.2) is 24.9 Å². The lowest BCUT2D eigenvalue weighted by molar-refractivity contribution is 0.509. The van der Waals surface area contributed by atoms with Crippen LogP contribution in [0.25, 0.3) is 0 Å². The Morgan fingerprint density at radius 1 is 1.35 bits per heavy atom. The fourth-order valence-corrected chi connectivity index (χ4v) is 1.71. The summed E-state index contributed by atoms with van der Waals surface area (Å²) < 4.78 is 1.78. The Hall–Kier alpha value is -1.82. The molecular formula is C11H16N6. The number of aryl methyl sites for hydroxylation is 1. The molecule has 2 rings (SSSR count). The summed E-state index contributed by atoms with van der Waals surface area (Å²) in [6, 6.07) is 0.122. The first-order valence-corrected chi connectivity index (χ1v) is 5.63. The minimum Gasteiger partial charge on any atom is -0.308 e. The molecule has 1 unspecified atom stereocenters. The van der Waals surface area contributed by atoms with E-state index in [2.05, 4.69) is 32.3 Å². The zero-order valence-corrected chi connectivity index (χ0v) is 10.0. The first-order valence-electron chi connectivity index (χ1n) is 5.63. The van der Waals surface area contributed by atoms with Crippen molar-refractivity contribution >= 4 is 0 Å². The van der Waals surface area contributed by atoms with Crippen molar-refractivity contribution < 1.29 is 0 Å². The van der Waals surface area contributed by atoms with Crippen LogP contribution in [0.5, 0.6) is 0 Å². The first-order chi connectivity index (χ1) is 8.31. The summed E-state index contributed by atoms with van der Waals surface area (Å²) in [7, 11) is 1.89. The van der Waals surface area contributed by atoms with Gasteiger partial charge in [-0.25, -0.2) is 4.98 Å². The van der Waals surface area contributed by atoms with Crippen molar-refractivity contribution in [2.75, 3.05) is 6.54 Å². The van der Waals surface area contributed by atoms with E-state index in [9.17, 15) is 0 Å². The smallest absolute Gasteiger partial charge is 0.138 e. The second-order valence-electron chi connectivity index (χ2n) is 3.74. The molecular weight excluding hydrogens is 216 g/mol. The van der Waals surface area contributed by atoms with E-state index in [1.807, 2.05) is 7.05 Å². The van der Waals surface area contributed by atoms with E-state index in [1.165, 1.54) is 0 Å². The van der Waals surface area contributed by atoms with Gasteiger partial charge in [0.2, 0.25) is 0 Å². The van der Waals surface area contributed by atoms with Crippen molar-refractivity contribution in [2.45, 2.75) is 19.4 Å². The van der Waals surface area contributed by atoms with Crippen LogP contribution in [0.4, 0.5) is 0 Å². The van der Waals surface area contributed by atoms with E-state index < -0.39 is 0 Å². The van der Waals surface area contributed by atoms with E-state index in [-0.39, 0.29) is 6.04 Å². The molecule has 0 aliphatic heterocycles. The Morgan fingerprint density at radius 3 is 2.82 bits per heavy atom. The van der Waals surface area contributed by atoms with E-state index in [1.54, 1.807) is 29.6 Å². The van der Waals surface area contributed by atoms with Gasteiger partial charge in [0.05, 0.1) is 11.7 Å². The molecule has 2 aromatic rings. The first kappa shape index (κ1) is 11.7. The Bertz CT molecular complexity index is 452. The largest absolute Gasteiger partial charge is 0.308 e. The van der Waals surface area contributed by atoms with Crippen molar-refractivity contribution in [3.63, 3.8) is 0 Å². The van der Waals surface area contributed by atoms with Crippen LogP contribution in [0.3, 0.4) is 0 Å². The molecule has 17 heavy (non-hydrogen) atoms. The van der Waals surface area contributed by atoms with E-state index >= 15 is 0 Å². The molecule has 0 aliphatic rings. The van der Waals surface area contributed by atoms with Crippen LogP contribution >= 0.6 is 0 Å². The van der Waals surface area contributed by atoms with E-state index in [0.717, 1.165) is 24.5 Å². The highest BCUT2D eigenvalue weighted by atomic mass is 15.3. The average Bonchev–Trinajstić information content (AvgIpc) is 2.76. The Morgan fingerprint density at radius 2 is 2.24 bits per heavy atom. The SMILES string of the molecule is CCNC(Cc1ncnn1C)c1cnccn1. The Balaban J connectivity index is 2.16. The summed E-state index contributed by atoms with van der Waals surface area (Å²) in [6.07, 6.45) is 7.48. The van der Waals surface area contributed by atoms with Gasteiger partial charge in [-0.1, -0.05) is 6.92 Å². The van der Waals surface area contributed by atoms with Gasteiger partial charge in [0.25, 0.3) is 0 Å². The molecule has 0 spiro atoms. The molecule has 6 heteroatoms. The van der Waals surface area contributed by atoms with Crippen LogP contribution in [0.1, 0.15) is 24.5 Å². The summed E-state index contributed by atoms with van der Waals surface area (Å²) in [5, 5.41) is 7.45. The number of nitrogens with one attached hydrogen (secondary N) is 1. The summed E-state index contributed by atoms with van der Waals surface area (Å²) in [4.78, 5) is 12.6. The highest BCUT2D eigenvalue weighted by molar-refractivity contribution is 5.05. The van der Waals surface area contributed by atoms with Gasteiger partial charge >= 0.3 is 0 Å². The summed E-state index contributed by atoms with van der Waals surface area (Å²) >= 11 is 0. The summed E-state index contributed by atoms with van der Waals surface area (Å²) in [6.45, 7) is 2.94. The second-order valence-corrected chi connectivity index (χ2v) is 3.74. The molecule has 0 amide bonds. The zero-order chi connectivity index (χ0) is 12.1. The topological polar surface area (TPSA) is 68.5 Å². The third-order valence-corrected chi connectivity index (χ3v) is 2.58. The third kappa shape index (κ3) is 2.85. The van der Waals surface area contributed by atoms with Crippen LogP contribution in [-0.4, -0.2) is 31.3 Å². The normalized spacial score (nSPS) is 12.6. The minimum atomic E-state index is 0.122. The molecule has 1 N–H and O–H groups in total. The molecule has 0 fully saturated rings. The summed E-state index contributed by atoms with van der Waals surface area (Å²) in [5.74, 6) is 0.932. The van der Waals surface area contributed by atoms with E-state index in [4.69, 9.17) is 0 Å². The Labute approximate surface area is 100 Å². The quantitative estimate of drug-likeness (QED) is 0.813. The standard InChI is InChI=1S/C11H16N6/c1-3-13-9(10-7-12-4-5-14-10)6-11-15-8-16-17(11)2/h4-5,7-9,13H,3,6H2,1-2H3. The fraction of sp³-hybridized carbons (Fsp3) is 0.455. The van der Waals surface area contributed by atoms with Crippen molar-refractivity contribution in [2.24, 2.45) is 7.05 Å². The predicted molar refractivity (Wildman–Crippen MR) is 63.2 cm³/mol. The zero-order valence-electron chi connectivity index (χ0n) is 10.0. The van der Waals surface area contributed by atoms with Gasteiger partial charge in [0.15, 0.2) is 0 Å². The molecule has 0 aliphatic carbocycles. The predicted octanol–water partition coefficient (Wildman–Crippen LogP) is 0.498. The van der Waals surface area contributed by atoms with Gasteiger partial charge < -0.3 is 5.32 Å². The Kier molecular flexibility index (Phi) is 3.77. The lowest BCUT2D eigenvalue weighted by Gasteiger charge is -2.16. The molecule has 6 nitrogen and oxygen atoms in total. The molecule has 0 aromatic carbocycles. The summed E-state index contributed by atoms with van der Waals surface area (Å²) in [5.41, 5.74) is 0.928. The van der Waals surface area contributed by atoms with Gasteiger partial charge in [-0.15, -0.1) is 0 Å². The molecule has 0 saturated carbocycles. The van der Waals surface area contributed by atoms with E-state index in [0.29, 0.717) is 0 Å². The lowest BCUT2D eigenvalue weighted by Crippen LogP contribution is -2.25. The number of nitrogens with zero attached hydrogens (tertiary/aromatic N) is 5.